The molecular formula is C22H27N3O. The number of hydrogen-bond donors (Lipinski definition) is 1. The van der Waals surface area contributed by atoms with Crippen molar-refractivity contribution in [1.29, 1.82) is 0 Å². The maximum atomic E-state index is 12.8. The first-order valence-electron chi connectivity index (χ1n) is 9.74. The predicted molar refractivity (Wildman–Crippen MR) is 104 cm³/mol. The third-order valence-electron chi connectivity index (χ3n) is 5.67. The molecule has 2 aliphatic rings. The number of rotatable bonds is 5. The van der Waals surface area contributed by atoms with Crippen molar-refractivity contribution in [3.05, 3.63) is 54.4 Å². The molecule has 0 bridgehead atoms. The molecule has 0 radical (unpaired) electrons. The fraction of sp³-hybridized carbons (Fsp3) is 0.455. The Morgan fingerprint density at radius 1 is 1.15 bits per heavy atom. The second kappa shape index (κ2) is 7.58. The molecule has 1 aliphatic carbocycles. The van der Waals surface area contributed by atoms with Crippen LogP contribution >= 0.6 is 0 Å². The lowest BCUT2D eigenvalue weighted by atomic mass is 9.93. The molecule has 0 spiro atoms. The Morgan fingerprint density at radius 2 is 1.96 bits per heavy atom. The zero-order chi connectivity index (χ0) is 17.9. The highest BCUT2D eigenvalue weighted by Crippen LogP contribution is 2.31. The van der Waals surface area contributed by atoms with Crippen molar-refractivity contribution in [2.45, 2.75) is 32.2 Å². The van der Waals surface area contributed by atoms with Gasteiger partial charge in [0, 0.05) is 25.3 Å². The minimum atomic E-state index is -0.0621. The Kier molecular flexibility index (Phi) is 5.02. The molecule has 2 unspecified atom stereocenters. The van der Waals surface area contributed by atoms with Gasteiger partial charge in [-0.3, -0.25) is 9.78 Å². The predicted octanol–water partition coefficient (Wildman–Crippen LogP) is 3.60. The minimum Gasteiger partial charge on any atom is -0.346 e. The Labute approximate surface area is 155 Å². The van der Waals surface area contributed by atoms with E-state index in [2.05, 4.69) is 34.3 Å². The third-order valence-corrected chi connectivity index (χ3v) is 5.67. The lowest BCUT2D eigenvalue weighted by molar-refractivity contribution is 0.0852. The van der Waals surface area contributed by atoms with Gasteiger partial charge >= 0.3 is 0 Å². The van der Waals surface area contributed by atoms with Crippen LogP contribution in [0, 0.1) is 11.8 Å². The average molecular weight is 349 g/mol. The number of piperidine rings is 1. The summed E-state index contributed by atoms with van der Waals surface area (Å²) in [6.07, 6.45) is 5.62. The molecule has 1 saturated carbocycles. The SMILES string of the molecule is CC1CCN(CC2CC2)CC1NC(=O)c1cc(-c2ccccc2)ccn1. The summed E-state index contributed by atoms with van der Waals surface area (Å²) in [5, 5.41) is 3.24. The molecule has 1 aliphatic heterocycles. The Balaban J connectivity index is 1.43. The van der Waals surface area contributed by atoms with Crippen LogP contribution < -0.4 is 5.32 Å². The highest BCUT2D eigenvalue weighted by atomic mass is 16.1. The molecule has 2 aromatic rings. The molecule has 2 heterocycles. The second-order valence-electron chi connectivity index (χ2n) is 7.84. The molecule has 136 valence electrons. The summed E-state index contributed by atoms with van der Waals surface area (Å²) in [5.74, 6) is 1.34. The Bertz CT molecular complexity index is 757. The zero-order valence-corrected chi connectivity index (χ0v) is 15.4. The average Bonchev–Trinajstić information content (AvgIpc) is 3.49. The molecule has 1 N–H and O–H groups in total. The van der Waals surface area contributed by atoms with Crippen molar-refractivity contribution in [3.63, 3.8) is 0 Å². The van der Waals surface area contributed by atoms with Gasteiger partial charge in [0.05, 0.1) is 0 Å². The van der Waals surface area contributed by atoms with E-state index >= 15 is 0 Å². The van der Waals surface area contributed by atoms with Crippen LogP contribution in [0.4, 0.5) is 0 Å². The van der Waals surface area contributed by atoms with Crippen LogP contribution in [0.3, 0.4) is 0 Å². The fourth-order valence-corrected chi connectivity index (χ4v) is 3.76. The van der Waals surface area contributed by atoms with Crippen LogP contribution in [0.25, 0.3) is 11.1 Å². The normalized spacial score (nSPS) is 23.6. The molecule has 1 amide bonds. The number of nitrogens with one attached hydrogen (secondary N) is 1. The van der Waals surface area contributed by atoms with Crippen molar-refractivity contribution in [1.82, 2.24) is 15.2 Å². The van der Waals surface area contributed by atoms with Crippen LogP contribution in [0.15, 0.2) is 48.7 Å². The molecule has 4 rings (SSSR count). The largest absolute Gasteiger partial charge is 0.346 e. The van der Waals surface area contributed by atoms with Crippen LogP contribution in [0.1, 0.15) is 36.7 Å². The summed E-state index contributed by atoms with van der Waals surface area (Å²) < 4.78 is 0. The summed E-state index contributed by atoms with van der Waals surface area (Å²) in [5.41, 5.74) is 2.63. The van der Waals surface area contributed by atoms with Gasteiger partial charge in [0.2, 0.25) is 0 Å². The van der Waals surface area contributed by atoms with Gasteiger partial charge in [-0.15, -0.1) is 0 Å². The highest BCUT2D eigenvalue weighted by molar-refractivity contribution is 5.93. The van der Waals surface area contributed by atoms with Gasteiger partial charge in [-0.1, -0.05) is 37.3 Å². The van der Waals surface area contributed by atoms with Gasteiger partial charge in [0.1, 0.15) is 5.69 Å². The van der Waals surface area contributed by atoms with E-state index in [4.69, 9.17) is 0 Å². The summed E-state index contributed by atoms with van der Waals surface area (Å²) in [6, 6.07) is 14.2. The fourth-order valence-electron chi connectivity index (χ4n) is 3.76. The van der Waals surface area contributed by atoms with Crippen LogP contribution in [-0.4, -0.2) is 41.5 Å². The number of amides is 1. The summed E-state index contributed by atoms with van der Waals surface area (Å²) in [7, 11) is 0. The van der Waals surface area contributed by atoms with Crippen LogP contribution in [0.2, 0.25) is 0 Å². The highest BCUT2D eigenvalue weighted by Gasteiger charge is 2.31. The number of aromatic nitrogens is 1. The molecule has 26 heavy (non-hydrogen) atoms. The van der Waals surface area contributed by atoms with Crippen molar-refractivity contribution in [2.75, 3.05) is 19.6 Å². The molecule has 2 fully saturated rings. The second-order valence-corrected chi connectivity index (χ2v) is 7.84. The van der Waals surface area contributed by atoms with E-state index in [1.54, 1.807) is 6.20 Å². The van der Waals surface area contributed by atoms with Crippen molar-refractivity contribution < 1.29 is 4.79 Å². The number of pyridine rings is 1. The van der Waals surface area contributed by atoms with Gasteiger partial charge in [-0.2, -0.15) is 0 Å². The monoisotopic (exact) mass is 349 g/mol. The number of carbonyl (C=O) groups excluding carboxylic acids is 1. The maximum Gasteiger partial charge on any atom is 0.270 e. The lowest BCUT2D eigenvalue weighted by Crippen LogP contribution is -2.52. The number of hydrogen-bond acceptors (Lipinski definition) is 3. The number of benzene rings is 1. The summed E-state index contributed by atoms with van der Waals surface area (Å²) in [4.78, 5) is 19.6. The van der Waals surface area contributed by atoms with Gasteiger partial charge in [0.15, 0.2) is 0 Å². The number of likely N-dealkylation sites (tertiary alicyclic amines) is 1. The molecule has 2 atom stereocenters. The molecule has 4 nitrogen and oxygen atoms in total. The van der Waals surface area contributed by atoms with Crippen molar-refractivity contribution in [3.8, 4) is 11.1 Å². The van der Waals surface area contributed by atoms with Crippen LogP contribution in [0.5, 0.6) is 0 Å². The standard InChI is InChI=1S/C22H27N3O/c1-16-10-12-25(14-17-7-8-17)15-21(16)24-22(26)20-13-19(9-11-23-20)18-5-3-2-4-6-18/h2-6,9,11,13,16-17,21H,7-8,10,12,14-15H2,1H3,(H,24,26). The first-order valence-corrected chi connectivity index (χ1v) is 9.74. The summed E-state index contributed by atoms with van der Waals surface area (Å²) >= 11 is 0. The van der Waals surface area contributed by atoms with E-state index in [0.29, 0.717) is 11.6 Å². The molecule has 1 saturated heterocycles. The Hall–Kier alpha value is -2.20. The lowest BCUT2D eigenvalue weighted by Gasteiger charge is -2.37. The van der Waals surface area contributed by atoms with E-state index in [0.717, 1.165) is 36.6 Å². The maximum absolute atomic E-state index is 12.8. The summed E-state index contributed by atoms with van der Waals surface area (Å²) in [6.45, 7) is 5.56. The van der Waals surface area contributed by atoms with Crippen molar-refractivity contribution in [2.24, 2.45) is 11.8 Å². The van der Waals surface area contributed by atoms with E-state index in [9.17, 15) is 4.79 Å². The number of carbonyl (C=O) groups is 1. The Morgan fingerprint density at radius 3 is 2.73 bits per heavy atom. The molecule has 1 aromatic carbocycles. The van der Waals surface area contributed by atoms with Crippen molar-refractivity contribution >= 4 is 5.91 Å². The van der Waals surface area contributed by atoms with E-state index in [-0.39, 0.29) is 11.9 Å². The van der Waals surface area contributed by atoms with E-state index in [1.807, 2.05) is 30.3 Å². The van der Waals surface area contributed by atoms with Gasteiger partial charge in [-0.25, -0.2) is 0 Å². The first kappa shape index (κ1) is 17.2. The topological polar surface area (TPSA) is 45.2 Å². The zero-order valence-electron chi connectivity index (χ0n) is 15.4. The first-order chi connectivity index (χ1) is 12.7. The molecule has 1 aromatic heterocycles. The van der Waals surface area contributed by atoms with Gasteiger partial charge < -0.3 is 10.2 Å². The third kappa shape index (κ3) is 4.13. The molecular weight excluding hydrogens is 322 g/mol. The van der Waals surface area contributed by atoms with Crippen LogP contribution in [-0.2, 0) is 0 Å². The van der Waals surface area contributed by atoms with Gasteiger partial charge in [-0.05, 0) is 60.9 Å². The van der Waals surface area contributed by atoms with E-state index < -0.39 is 0 Å². The van der Waals surface area contributed by atoms with Gasteiger partial charge in [0.25, 0.3) is 5.91 Å². The number of nitrogens with zero attached hydrogens (tertiary/aromatic N) is 2. The van der Waals surface area contributed by atoms with E-state index in [1.165, 1.54) is 19.4 Å². The quantitative estimate of drug-likeness (QED) is 0.897. The smallest absolute Gasteiger partial charge is 0.270 e. The minimum absolute atomic E-state index is 0.0621. The molecule has 4 heteroatoms.